The van der Waals surface area contributed by atoms with Gasteiger partial charge in [0, 0.05) is 18.4 Å². The summed E-state index contributed by atoms with van der Waals surface area (Å²) >= 11 is 6.05. The second-order valence-electron chi connectivity index (χ2n) is 5.93. The van der Waals surface area contributed by atoms with E-state index in [1.54, 1.807) is 24.3 Å². The average Bonchev–Trinajstić information content (AvgIpc) is 2.61. The Kier molecular flexibility index (Phi) is 6.52. The first kappa shape index (κ1) is 19.7. The van der Waals surface area contributed by atoms with Crippen LogP contribution < -0.4 is 10.1 Å². The van der Waals surface area contributed by atoms with Gasteiger partial charge in [-0.2, -0.15) is 0 Å². The largest absolute Gasteiger partial charge is 0.496 e. The van der Waals surface area contributed by atoms with Crippen molar-refractivity contribution in [2.75, 3.05) is 12.4 Å². The molecule has 2 rings (SSSR count). The molecule has 0 spiro atoms. The fourth-order valence-electron chi connectivity index (χ4n) is 2.45. The predicted molar refractivity (Wildman–Crippen MR) is 101 cm³/mol. The molecule has 0 aromatic heterocycles. The standard InChI is InChI=1S/C20H20ClNO4/c1-12-4-8-19(26-3)15(10-12)18(24)7-9-20(25)22-17-11-14(13(2)23)5-6-16(17)21/h4-6,8,10-11H,7,9H2,1-3H3,(H,22,25). The molecule has 0 aliphatic rings. The highest BCUT2D eigenvalue weighted by Gasteiger charge is 2.15. The van der Waals surface area contributed by atoms with Crippen molar-refractivity contribution in [1.82, 2.24) is 0 Å². The summed E-state index contributed by atoms with van der Waals surface area (Å²) in [5.41, 5.74) is 2.19. The molecule has 0 aliphatic carbocycles. The minimum Gasteiger partial charge on any atom is -0.496 e. The van der Waals surface area contributed by atoms with Crippen molar-refractivity contribution in [3.05, 3.63) is 58.1 Å². The number of halogens is 1. The van der Waals surface area contributed by atoms with Crippen LogP contribution in [0, 0.1) is 6.92 Å². The van der Waals surface area contributed by atoms with Gasteiger partial charge in [0.1, 0.15) is 5.75 Å². The number of amides is 1. The number of ether oxygens (including phenoxy) is 1. The van der Waals surface area contributed by atoms with Crippen LogP contribution in [0.5, 0.6) is 5.75 Å². The average molecular weight is 374 g/mol. The summed E-state index contributed by atoms with van der Waals surface area (Å²) in [6, 6.07) is 9.99. The molecule has 0 fully saturated rings. The Balaban J connectivity index is 2.03. The molecular weight excluding hydrogens is 354 g/mol. The molecule has 136 valence electrons. The quantitative estimate of drug-likeness (QED) is 0.727. The molecular formula is C20H20ClNO4. The summed E-state index contributed by atoms with van der Waals surface area (Å²) in [5, 5.41) is 2.97. The molecule has 2 aromatic carbocycles. The highest BCUT2D eigenvalue weighted by atomic mass is 35.5. The first-order valence-electron chi connectivity index (χ1n) is 8.10. The fourth-order valence-corrected chi connectivity index (χ4v) is 2.62. The maximum atomic E-state index is 12.4. The van der Waals surface area contributed by atoms with E-state index in [1.807, 2.05) is 13.0 Å². The van der Waals surface area contributed by atoms with E-state index in [-0.39, 0.29) is 30.3 Å². The summed E-state index contributed by atoms with van der Waals surface area (Å²) in [7, 11) is 1.50. The molecule has 0 bridgehead atoms. The molecule has 0 unspecified atom stereocenters. The Hall–Kier alpha value is -2.66. The molecule has 5 nitrogen and oxygen atoms in total. The zero-order chi connectivity index (χ0) is 19.3. The SMILES string of the molecule is COc1ccc(C)cc1C(=O)CCC(=O)Nc1cc(C(C)=O)ccc1Cl. The van der Waals surface area contributed by atoms with Crippen molar-refractivity contribution in [2.24, 2.45) is 0 Å². The fraction of sp³-hybridized carbons (Fsp3) is 0.250. The first-order valence-corrected chi connectivity index (χ1v) is 8.47. The van der Waals surface area contributed by atoms with Crippen LogP contribution in [0.15, 0.2) is 36.4 Å². The molecule has 0 saturated carbocycles. The lowest BCUT2D eigenvalue weighted by Gasteiger charge is -2.10. The van der Waals surface area contributed by atoms with Gasteiger partial charge in [-0.15, -0.1) is 0 Å². The van der Waals surface area contributed by atoms with Gasteiger partial charge in [-0.05, 0) is 44.2 Å². The molecule has 0 radical (unpaired) electrons. The Morgan fingerprint density at radius 3 is 2.46 bits per heavy atom. The van der Waals surface area contributed by atoms with Crippen molar-refractivity contribution in [1.29, 1.82) is 0 Å². The Morgan fingerprint density at radius 2 is 1.81 bits per heavy atom. The summed E-state index contributed by atoms with van der Waals surface area (Å²) in [4.78, 5) is 36.0. The smallest absolute Gasteiger partial charge is 0.224 e. The highest BCUT2D eigenvalue weighted by Crippen LogP contribution is 2.24. The molecule has 0 aliphatic heterocycles. The van der Waals surface area contributed by atoms with Gasteiger partial charge < -0.3 is 10.1 Å². The number of aryl methyl sites for hydroxylation is 1. The minimum absolute atomic E-state index is 0.00342. The van der Waals surface area contributed by atoms with Crippen LogP contribution in [0.3, 0.4) is 0 Å². The number of hydrogen-bond donors (Lipinski definition) is 1. The van der Waals surface area contributed by atoms with Crippen LogP contribution >= 0.6 is 11.6 Å². The van der Waals surface area contributed by atoms with E-state index >= 15 is 0 Å². The number of nitrogens with one attached hydrogen (secondary N) is 1. The Labute approximate surface area is 157 Å². The third kappa shape index (κ3) is 4.92. The van der Waals surface area contributed by atoms with Crippen LogP contribution in [0.2, 0.25) is 5.02 Å². The van der Waals surface area contributed by atoms with Gasteiger partial charge in [-0.1, -0.05) is 23.2 Å². The van der Waals surface area contributed by atoms with Crippen molar-refractivity contribution < 1.29 is 19.1 Å². The summed E-state index contributed by atoms with van der Waals surface area (Å²) in [6.07, 6.45) is 0.0340. The van der Waals surface area contributed by atoms with Crippen molar-refractivity contribution in [2.45, 2.75) is 26.7 Å². The second kappa shape index (κ2) is 8.63. The van der Waals surface area contributed by atoms with E-state index in [9.17, 15) is 14.4 Å². The number of carbonyl (C=O) groups excluding carboxylic acids is 3. The number of ketones is 2. The number of anilines is 1. The lowest BCUT2D eigenvalue weighted by atomic mass is 10.0. The summed E-state index contributed by atoms with van der Waals surface area (Å²) in [6.45, 7) is 3.32. The topological polar surface area (TPSA) is 72.5 Å². The van der Waals surface area contributed by atoms with E-state index in [1.165, 1.54) is 20.1 Å². The van der Waals surface area contributed by atoms with Gasteiger partial charge in [-0.25, -0.2) is 0 Å². The van der Waals surface area contributed by atoms with E-state index < -0.39 is 0 Å². The Bertz CT molecular complexity index is 861. The third-order valence-corrected chi connectivity index (χ3v) is 4.21. The monoisotopic (exact) mass is 373 g/mol. The molecule has 2 aromatic rings. The maximum absolute atomic E-state index is 12.4. The van der Waals surface area contributed by atoms with Crippen LogP contribution in [0.25, 0.3) is 0 Å². The summed E-state index contributed by atoms with van der Waals surface area (Å²) < 4.78 is 5.20. The zero-order valence-corrected chi connectivity index (χ0v) is 15.6. The molecule has 1 amide bonds. The van der Waals surface area contributed by atoms with Crippen LogP contribution in [-0.4, -0.2) is 24.6 Å². The highest BCUT2D eigenvalue weighted by molar-refractivity contribution is 6.33. The van der Waals surface area contributed by atoms with Gasteiger partial charge in [-0.3, -0.25) is 14.4 Å². The normalized spacial score (nSPS) is 10.3. The van der Waals surface area contributed by atoms with E-state index in [4.69, 9.17) is 16.3 Å². The van der Waals surface area contributed by atoms with Crippen LogP contribution in [0.1, 0.15) is 46.0 Å². The number of methoxy groups -OCH3 is 1. The van der Waals surface area contributed by atoms with Crippen molar-refractivity contribution in [3.8, 4) is 5.75 Å². The van der Waals surface area contributed by atoms with Gasteiger partial charge in [0.15, 0.2) is 11.6 Å². The number of hydrogen-bond acceptors (Lipinski definition) is 4. The molecule has 0 atom stereocenters. The van der Waals surface area contributed by atoms with Crippen molar-refractivity contribution in [3.63, 3.8) is 0 Å². The number of Topliss-reactive ketones (excluding diaryl/α,β-unsaturated/α-hetero) is 2. The maximum Gasteiger partial charge on any atom is 0.224 e. The lowest BCUT2D eigenvalue weighted by Crippen LogP contribution is -2.14. The number of benzene rings is 2. The predicted octanol–water partition coefficient (Wildman–Crippen LogP) is 4.46. The van der Waals surface area contributed by atoms with E-state index in [0.29, 0.717) is 27.6 Å². The van der Waals surface area contributed by atoms with Crippen LogP contribution in [0.4, 0.5) is 5.69 Å². The van der Waals surface area contributed by atoms with Crippen molar-refractivity contribution >= 4 is 34.8 Å². The second-order valence-corrected chi connectivity index (χ2v) is 6.33. The molecule has 26 heavy (non-hydrogen) atoms. The van der Waals surface area contributed by atoms with Gasteiger partial charge >= 0.3 is 0 Å². The molecule has 1 N–H and O–H groups in total. The molecule has 6 heteroatoms. The zero-order valence-electron chi connectivity index (χ0n) is 14.9. The number of rotatable bonds is 7. The van der Waals surface area contributed by atoms with E-state index in [2.05, 4.69) is 5.32 Å². The van der Waals surface area contributed by atoms with E-state index in [0.717, 1.165) is 5.56 Å². The van der Waals surface area contributed by atoms with Gasteiger partial charge in [0.05, 0.1) is 23.4 Å². The first-order chi connectivity index (χ1) is 12.3. The Morgan fingerprint density at radius 1 is 1.08 bits per heavy atom. The minimum atomic E-state index is -0.354. The van der Waals surface area contributed by atoms with Gasteiger partial charge in [0.25, 0.3) is 0 Å². The molecule has 0 heterocycles. The molecule has 0 saturated heterocycles. The summed E-state index contributed by atoms with van der Waals surface area (Å²) in [5.74, 6) is -0.172. The third-order valence-electron chi connectivity index (χ3n) is 3.88. The van der Waals surface area contributed by atoms with Gasteiger partial charge in [0.2, 0.25) is 5.91 Å². The number of carbonyl (C=O) groups is 3. The van der Waals surface area contributed by atoms with Crippen LogP contribution in [-0.2, 0) is 4.79 Å². The lowest BCUT2D eigenvalue weighted by molar-refractivity contribution is -0.116.